The van der Waals surface area contributed by atoms with Crippen LogP contribution in [0.5, 0.6) is 5.75 Å². The number of piperidine rings is 1. The fourth-order valence-electron chi connectivity index (χ4n) is 2.29. The fraction of sp³-hybridized carbons (Fsp3) is 0.429. The summed E-state index contributed by atoms with van der Waals surface area (Å²) in [5.74, 6) is 0.245. The second-order valence-corrected chi connectivity index (χ2v) is 4.85. The van der Waals surface area contributed by atoms with Gasteiger partial charge >= 0.3 is 0 Å². The maximum Gasteiger partial charge on any atom is 0.234 e. The number of amides is 2. The summed E-state index contributed by atoms with van der Waals surface area (Å²) in [7, 11) is 1.51. The quantitative estimate of drug-likeness (QED) is 0.837. The zero-order chi connectivity index (χ0) is 14.0. The minimum atomic E-state index is -0.178. The van der Waals surface area contributed by atoms with Gasteiger partial charge in [0.15, 0.2) is 0 Å². The molecular weight excluding hydrogens is 244 g/mol. The van der Waals surface area contributed by atoms with Gasteiger partial charge < -0.3 is 10.5 Å². The van der Waals surface area contributed by atoms with E-state index in [-0.39, 0.29) is 17.7 Å². The number of ether oxygens (including phenoxy) is 1. The van der Waals surface area contributed by atoms with Crippen molar-refractivity contribution in [1.29, 1.82) is 0 Å². The summed E-state index contributed by atoms with van der Waals surface area (Å²) < 4.78 is 5.26. The van der Waals surface area contributed by atoms with Crippen molar-refractivity contribution >= 4 is 17.5 Å². The van der Waals surface area contributed by atoms with Crippen molar-refractivity contribution in [3.05, 3.63) is 23.8 Å². The number of nitrogens with zero attached hydrogens (tertiary/aromatic N) is 1. The zero-order valence-electron chi connectivity index (χ0n) is 11.2. The van der Waals surface area contributed by atoms with Crippen molar-refractivity contribution in [3.8, 4) is 5.75 Å². The summed E-state index contributed by atoms with van der Waals surface area (Å²) >= 11 is 0. The first-order valence-corrected chi connectivity index (χ1v) is 6.29. The van der Waals surface area contributed by atoms with Gasteiger partial charge in [0, 0.05) is 19.4 Å². The van der Waals surface area contributed by atoms with Crippen LogP contribution in [0.1, 0.15) is 25.3 Å². The lowest BCUT2D eigenvalue weighted by atomic mass is 9.97. The van der Waals surface area contributed by atoms with E-state index in [2.05, 4.69) is 0 Å². The molecule has 0 spiro atoms. The molecule has 2 rings (SSSR count). The van der Waals surface area contributed by atoms with E-state index in [1.807, 2.05) is 6.92 Å². The number of imide groups is 1. The van der Waals surface area contributed by atoms with E-state index in [1.54, 1.807) is 18.2 Å². The Hall–Kier alpha value is -1.88. The Bertz CT molecular complexity index is 495. The van der Waals surface area contributed by atoms with E-state index in [1.165, 1.54) is 12.0 Å². The standard InChI is InChI=1S/C14H18N2O3/c1-9-5-13(17)16(14(18)6-9)11-4-3-10(8-15)7-12(11)19-2/h3-4,7,9H,5-6,8,15H2,1-2H3. The normalized spacial score (nSPS) is 16.9. The van der Waals surface area contributed by atoms with Crippen LogP contribution in [0.25, 0.3) is 0 Å². The van der Waals surface area contributed by atoms with Crippen molar-refractivity contribution in [2.45, 2.75) is 26.3 Å². The number of anilines is 1. The first-order valence-electron chi connectivity index (χ1n) is 6.29. The Kier molecular flexibility index (Phi) is 3.85. The Morgan fingerprint density at radius 1 is 1.32 bits per heavy atom. The average molecular weight is 262 g/mol. The Morgan fingerprint density at radius 3 is 2.47 bits per heavy atom. The number of rotatable bonds is 3. The molecule has 0 unspecified atom stereocenters. The van der Waals surface area contributed by atoms with Gasteiger partial charge in [0.25, 0.3) is 0 Å². The lowest BCUT2D eigenvalue weighted by Gasteiger charge is -2.29. The van der Waals surface area contributed by atoms with Crippen molar-refractivity contribution in [2.75, 3.05) is 12.0 Å². The van der Waals surface area contributed by atoms with Crippen LogP contribution in [-0.4, -0.2) is 18.9 Å². The van der Waals surface area contributed by atoms with Crippen LogP contribution < -0.4 is 15.4 Å². The predicted octanol–water partition coefficient (Wildman–Crippen LogP) is 1.44. The van der Waals surface area contributed by atoms with Gasteiger partial charge in [0.05, 0.1) is 12.8 Å². The molecule has 1 heterocycles. The van der Waals surface area contributed by atoms with Gasteiger partial charge in [-0.3, -0.25) is 9.59 Å². The third-order valence-electron chi connectivity index (χ3n) is 3.27. The van der Waals surface area contributed by atoms with Gasteiger partial charge in [0.2, 0.25) is 11.8 Å². The summed E-state index contributed by atoms with van der Waals surface area (Å²) in [4.78, 5) is 25.3. The summed E-state index contributed by atoms with van der Waals surface area (Å²) in [5, 5.41) is 0. The first-order chi connectivity index (χ1) is 9.06. The maximum absolute atomic E-state index is 12.1. The van der Waals surface area contributed by atoms with E-state index in [4.69, 9.17) is 10.5 Å². The lowest BCUT2D eigenvalue weighted by Crippen LogP contribution is -2.43. The molecule has 2 amide bonds. The van der Waals surface area contributed by atoms with Crippen LogP contribution in [0.15, 0.2) is 18.2 Å². The zero-order valence-corrected chi connectivity index (χ0v) is 11.2. The summed E-state index contributed by atoms with van der Waals surface area (Å²) in [5.41, 5.74) is 6.97. The first kappa shape index (κ1) is 13.5. The minimum absolute atomic E-state index is 0.102. The molecule has 0 aromatic heterocycles. The third kappa shape index (κ3) is 2.61. The van der Waals surface area contributed by atoms with Crippen LogP contribution in [0.4, 0.5) is 5.69 Å². The molecule has 0 bridgehead atoms. The third-order valence-corrected chi connectivity index (χ3v) is 3.27. The predicted molar refractivity (Wildman–Crippen MR) is 71.8 cm³/mol. The van der Waals surface area contributed by atoms with Gasteiger partial charge in [-0.25, -0.2) is 4.90 Å². The van der Waals surface area contributed by atoms with Crippen LogP contribution in [0.2, 0.25) is 0 Å². The molecule has 1 fully saturated rings. The highest BCUT2D eigenvalue weighted by atomic mass is 16.5. The molecule has 1 aliphatic heterocycles. The van der Waals surface area contributed by atoms with E-state index in [0.29, 0.717) is 30.8 Å². The molecule has 0 saturated carbocycles. The molecule has 0 atom stereocenters. The van der Waals surface area contributed by atoms with Crippen molar-refractivity contribution < 1.29 is 14.3 Å². The molecule has 1 aliphatic rings. The monoisotopic (exact) mass is 262 g/mol. The fourth-order valence-corrected chi connectivity index (χ4v) is 2.29. The highest BCUT2D eigenvalue weighted by molar-refractivity contribution is 6.17. The number of carbonyl (C=O) groups is 2. The summed E-state index contributed by atoms with van der Waals surface area (Å²) in [6.07, 6.45) is 0.765. The van der Waals surface area contributed by atoms with Gasteiger partial charge in [-0.15, -0.1) is 0 Å². The van der Waals surface area contributed by atoms with Crippen LogP contribution in [0, 0.1) is 5.92 Å². The van der Waals surface area contributed by atoms with E-state index >= 15 is 0 Å². The van der Waals surface area contributed by atoms with Crippen LogP contribution >= 0.6 is 0 Å². The van der Waals surface area contributed by atoms with Crippen LogP contribution in [-0.2, 0) is 16.1 Å². The molecule has 1 aromatic carbocycles. The molecule has 1 saturated heterocycles. The molecule has 19 heavy (non-hydrogen) atoms. The topological polar surface area (TPSA) is 72.6 Å². The van der Waals surface area contributed by atoms with E-state index in [0.717, 1.165) is 5.56 Å². The smallest absolute Gasteiger partial charge is 0.234 e. The van der Waals surface area contributed by atoms with Crippen molar-refractivity contribution in [2.24, 2.45) is 11.7 Å². The Balaban J connectivity index is 2.40. The average Bonchev–Trinajstić information content (AvgIpc) is 2.37. The number of hydrogen-bond donors (Lipinski definition) is 1. The highest BCUT2D eigenvalue weighted by Crippen LogP contribution is 2.33. The Labute approximate surface area is 112 Å². The molecule has 5 heteroatoms. The molecule has 0 aliphatic carbocycles. The molecule has 1 aromatic rings. The SMILES string of the molecule is COc1cc(CN)ccc1N1C(=O)CC(C)CC1=O. The van der Waals surface area contributed by atoms with Gasteiger partial charge in [-0.2, -0.15) is 0 Å². The highest BCUT2D eigenvalue weighted by Gasteiger charge is 2.33. The minimum Gasteiger partial charge on any atom is -0.495 e. The van der Waals surface area contributed by atoms with Gasteiger partial charge in [-0.1, -0.05) is 13.0 Å². The number of benzene rings is 1. The number of nitrogens with two attached hydrogens (primary N) is 1. The summed E-state index contributed by atoms with van der Waals surface area (Å²) in [6.45, 7) is 2.29. The van der Waals surface area contributed by atoms with Crippen LogP contribution in [0.3, 0.4) is 0 Å². The number of carbonyl (C=O) groups excluding carboxylic acids is 2. The molecule has 0 radical (unpaired) electrons. The number of hydrogen-bond acceptors (Lipinski definition) is 4. The summed E-state index contributed by atoms with van der Waals surface area (Å²) in [6, 6.07) is 5.27. The molecular formula is C14H18N2O3. The molecule has 5 nitrogen and oxygen atoms in total. The van der Waals surface area contributed by atoms with Gasteiger partial charge in [-0.05, 0) is 23.6 Å². The van der Waals surface area contributed by atoms with Crippen molar-refractivity contribution in [3.63, 3.8) is 0 Å². The largest absolute Gasteiger partial charge is 0.495 e. The van der Waals surface area contributed by atoms with E-state index < -0.39 is 0 Å². The van der Waals surface area contributed by atoms with Gasteiger partial charge in [0.1, 0.15) is 5.75 Å². The van der Waals surface area contributed by atoms with Crippen molar-refractivity contribution in [1.82, 2.24) is 0 Å². The maximum atomic E-state index is 12.1. The second kappa shape index (κ2) is 5.40. The number of methoxy groups -OCH3 is 1. The van der Waals surface area contributed by atoms with E-state index in [9.17, 15) is 9.59 Å². The molecule has 2 N–H and O–H groups in total. The lowest BCUT2D eigenvalue weighted by molar-refractivity contribution is -0.130. The Morgan fingerprint density at radius 2 is 1.95 bits per heavy atom. The molecule has 102 valence electrons. The second-order valence-electron chi connectivity index (χ2n) is 4.85.